The molecule has 0 spiro atoms. The second-order valence-corrected chi connectivity index (χ2v) is 8.67. The molecule has 29 heavy (non-hydrogen) atoms. The van der Waals surface area contributed by atoms with E-state index in [-0.39, 0.29) is 12.1 Å². The van der Waals surface area contributed by atoms with E-state index < -0.39 is 0 Å². The van der Waals surface area contributed by atoms with Crippen molar-refractivity contribution < 1.29 is 0 Å². The van der Waals surface area contributed by atoms with Crippen LogP contribution in [0.5, 0.6) is 0 Å². The maximum atomic E-state index is 5.73. The number of aromatic nitrogens is 2. The van der Waals surface area contributed by atoms with E-state index in [1.54, 1.807) is 0 Å². The van der Waals surface area contributed by atoms with Crippen LogP contribution in [-0.2, 0) is 0 Å². The van der Waals surface area contributed by atoms with Gasteiger partial charge in [0.1, 0.15) is 0 Å². The van der Waals surface area contributed by atoms with E-state index in [0.717, 1.165) is 33.9 Å². The van der Waals surface area contributed by atoms with Crippen LogP contribution in [0.3, 0.4) is 0 Å². The number of hydrogen-bond donors (Lipinski definition) is 1. The average Bonchev–Trinajstić information content (AvgIpc) is 3.19. The summed E-state index contributed by atoms with van der Waals surface area (Å²) in [6.45, 7) is 7.47. The van der Waals surface area contributed by atoms with Crippen molar-refractivity contribution in [2.75, 3.05) is 6.54 Å². The quantitative estimate of drug-likeness (QED) is 0.491. The van der Waals surface area contributed by atoms with E-state index in [9.17, 15) is 0 Å². The second kappa shape index (κ2) is 8.28. The molecule has 1 fully saturated rings. The number of benzene rings is 1. The summed E-state index contributed by atoms with van der Waals surface area (Å²) in [6.07, 6.45) is 2.89. The van der Waals surface area contributed by atoms with Gasteiger partial charge in [0.05, 0.1) is 23.5 Å². The van der Waals surface area contributed by atoms with Crippen LogP contribution in [0.4, 0.5) is 0 Å². The molecule has 4 nitrogen and oxygen atoms in total. The van der Waals surface area contributed by atoms with Crippen molar-refractivity contribution in [1.82, 2.24) is 19.8 Å². The number of thiocarbonyl (C=S) groups is 1. The molecule has 3 aromatic rings. The Labute approximate surface area is 186 Å². The minimum Gasteiger partial charge on any atom is -0.352 e. The molecular weight excluding hydrogens is 444 g/mol. The molecule has 6 heteroatoms. The molecule has 2 unspecified atom stereocenters. The largest absolute Gasteiger partial charge is 0.352 e. The molecule has 0 aliphatic carbocycles. The standard InChI is InChI=1S/C23H25BrN4S/c1-4-13-27-22(21(26-23(27)29)19-10-7-8-12-25-19)17-14-15(2)28(16(17)3)20-11-6-5-9-18(20)24/h5-12,14,21-22H,4,13H2,1-3H3,(H,26,29). The van der Waals surface area contributed by atoms with Gasteiger partial charge in [-0.25, -0.2) is 0 Å². The molecule has 0 bridgehead atoms. The number of halogens is 1. The van der Waals surface area contributed by atoms with E-state index in [4.69, 9.17) is 12.2 Å². The molecule has 0 amide bonds. The van der Waals surface area contributed by atoms with Crippen LogP contribution in [0.15, 0.2) is 59.2 Å². The zero-order valence-electron chi connectivity index (χ0n) is 16.9. The molecule has 1 N–H and O–H groups in total. The molecule has 4 rings (SSSR count). The van der Waals surface area contributed by atoms with Gasteiger partial charge in [-0.2, -0.15) is 0 Å². The number of nitrogens with zero attached hydrogens (tertiary/aromatic N) is 3. The third-order valence-electron chi connectivity index (χ3n) is 5.54. The Kier molecular flexibility index (Phi) is 5.74. The molecular formula is C23H25BrN4S. The molecule has 2 aromatic heterocycles. The van der Waals surface area contributed by atoms with Crippen molar-refractivity contribution in [3.8, 4) is 5.69 Å². The monoisotopic (exact) mass is 468 g/mol. The Balaban J connectivity index is 1.85. The Morgan fingerprint density at radius 2 is 1.90 bits per heavy atom. The van der Waals surface area contributed by atoms with Gasteiger partial charge >= 0.3 is 0 Å². The second-order valence-electron chi connectivity index (χ2n) is 7.43. The van der Waals surface area contributed by atoms with Crippen molar-refractivity contribution in [2.45, 2.75) is 39.3 Å². The maximum absolute atomic E-state index is 5.73. The number of para-hydroxylation sites is 1. The molecule has 1 aromatic carbocycles. The molecule has 0 saturated carbocycles. The van der Waals surface area contributed by atoms with Crippen molar-refractivity contribution >= 4 is 33.3 Å². The first-order valence-corrected chi connectivity index (χ1v) is 11.1. The Morgan fingerprint density at radius 1 is 1.14 bits per heavy atom. The Morgan fingerprint density at radius 3 is 2.59 bits per heavy atom. The summed E-state index contributed by atoms with van der Waals surface area (Å²) < 4.78 is 3.40. The van der Waals surface area contributed by atoms with Crippen molar-refractivity contribution in [3.05, 3.63) is 81.8 Å². The lowest BCUT2D eigenvalue weighted by Gasteiger charge is -2.27. The van der Waals surface area contributed by atoms with Gasteiger partial charge in [0, 0.05) is 28.6 Å². The lowest BCUT2D eigenvalue weighted by atomic mass is 9.96. The molecule has 3 heterocycles. The fourth-order valence-corrected chi connectivity index (χ4v) is 5.11. The first-order chi connectivity index (χ1) is 14.0. The smallest absolute Gasteiger partial charge is 0.170 e. The van der Waals surface area contributed by atoms with Gasteiger partial charge in [-0.1, -0.05) is 25.1 Å². The third-order valence-corrected chi connectivity index (χ3v) is 6.57. The number of aryl methyl sites for hydroxylation is 1. The van der Waals surface area contributed by atoms with E-state index in [0.29, 0.717) is 0 Å². The lowest BCUT2D eigenvalue weighted by Crippen LogP contribution is -2.30. The molecule has 150 valence electrons. The summed E-state index contributed by atoms with van der Waals surface area (Å²) in [5.74, 6) is 0. The lowest BCUT2D eigenvalue weighted by molar-refractivity contribution is 0.316. The van der Waals surface area contributed by atoms with Crippen molar-refractivity contribution in [2.24, 2.45) is 0 Å². The van der Waals surface area contributed by atoms with Gasteiger partial charge in [0.2, 0.25) is 0 Å². The van der Waals surface area contributed by atoms with Crippen molar-refractivity contribution in [3.63, 3.8) is 0 Å². The predicted octanol–water partition coefficient (Wildman–Crippen LogP) is 5.63. The highest BCUT2D eigenvalue weighted by molar-refractivity contribution is 9.10. The Bertz CT molecular complexity index is 1030. The normalized spacial score (nSPS) is 18.9. The highest BCUT2D eigenvalue weighted by Crippen LogP contribution is 2.41. The first-order valence-electron chi connectivity index (χ1n) is 9.94. The van der Waals surface area contributed by atoms with E-state index >= 15 is 0 Å². The molecule has 2 atom stereocenters. The zero-order valence-corrected chi connectivity index (χ0v) is 19.3. The summed E-state index contributed by atoms with van der Waals surface area (Å²) in [7, 11) is 0. The predicted molar refractivity (Wildman–Crippen MR) is 125 cm³/mol. The fourth-order valence-electron chi connectivity index (χ4n) is 4.32. The first kappa shape index (κ1) is 20.1. The van der Waals surface area contributed by atoms with Gasteiger partial charge in [-0.15, -0.1) is 0 Å². The van der Waals surface area contributed by atoms with Crippen LogP contribution in [-0.4, -0.2) is 26.1 Å². The zero-order chi connectivity index (χ0) is 20.5. The van der Waals surface area contributed by atoms with Crippen LogP contribution in [0.25, 0.3) is 5.69 Å². The summed E-state index contributed by atoms with van der Waals surface area (Å²) in [5.41, 5.74) is 5.89. The highest BCUT2D eigenvalue weighted by atomic mass is 79.9. The summed E-state index contributed by atoms with van der Waals surface area (Å²) in [6, 6.07) is 16.9. The van der Waals surface area contributed by atoms with Gasteiger partial charge in [0.15, 0.2) is 5.11 Å². The number of nitrogens with one attached hydrogen (secondary N) is 1. The minimum atomic E-state index is 0.0309. The van der Waals surface area contributed by atoms with Gasteiger partial charge in [0.25, 0.3) is 0 Å². The minimum absolute atomic E-state index is 0.0309. The van der Waals surface area contributed by atoms with Crippen LogP contribution in [0.2, 0.25) is 0 Å². The summed E-state index contributed by atoms with van der Waals surface area (Å²) in [4.78, 5) is 6.95. The number of rotatable bonds is 5. The Hall–Kier alpha value is -2.18. The van der Waals surface area contributed by atoms with Gasteiger partial charge in [-0.3, -0.25) is 4.98 Å². The topological polar surface area (TPSA) is 33.1 Å². The van der Waals surface area contributed by atoms with E-state index in [1.165, 1.54) is 17.0 Å². The summed E-state index contributed by atoms with van der Waals surface area (Å²) >= 11 is 9.44. The maximum Gasteiger partial charge on any atom is 0.170 e. The molecule has 0 radical (unpaired) electrons. The average molecular weight is 469 g/mol. The highest BCUT2D eigenvalue weighted by Gasteiger charge is 2.40. The van der Waals surface area contributed by atoms with Crippen LogP contribution in [0, 0.1) is 13.8 Å². The van der Waals surface area contributed by atoms with E-state index in [2.05, 4.69) is 86.8 Å². The fraction of sp³-hybridized carbons (Fsp3) is 0.304. The van der Waals surface area contributed by atoms with E-state index in [1.807, 2.05) is 24.4 Å². The SMILES string of the molecule is CCCN1C(=S)NC(c2ccccn2)C1c1cc(C)n(-c2ccccc2Br)c1C. The summed E-state index contributed by atoms with van der Waals surface area (Å²) in [5, 5.41) is 4.34. The van der Waals surface area contributed by atoms with Crippen LogP contribution in [0.1, 0.15) is 48.1 Å². The molecule has 1 saturated heterocycles. The number of hydrogen-bond acceptors (Lipinski definition) is 2. The third kappa shape index (κ3) is 3.60. The number of pyridine rings is 1. The van der Waals surface area contributed by atoms with Gasteiger partial charge < -0.3 is 14.8 Å². The van der Waals surface area contributed by atoms with Crippen molar-refractivity contribution in [1.29, 1.82) is 0 Å². The molecule has 1 aliphatic rings. The molecule has 1 aliphatic heterocycles. The van der Waals surface area contributed by atoms with Gasteiger partial charge in [-0.05, 0) is 84.3 Å². The van der Waals surface area contributed by atoms with Crippen LogP contribution < -0.4 is 5.32 Å². The van der Waals surface area contributed by atoms with Crippen LogP contribution >= 0.6 is 28.1 Å².